The van der Waals surface area contributed by atoms with Crippen LogP contribution in [0.15, 0.2) is 30.5 Å². The summed E-state index contributed by atoms with van der Waals surface area (Å²) in [5.41, 5.74) is 1.79. The first-order valence-electron chi connectivity index (χ1n) is 7.08. The van der Waals surface area contributed by atoms with Crippen LogP contribution in [-0.2, 0) is 6.54 Å². The summed E-state index contributed by atoms with van der Waals surface area (Å²) in [7, 11) is 0. The highest BCUT2D eigenvalue weighted by Gasteiger charge is 2.24. The van der Waals surface area contributed by atoms with Crippen molar-refractivity contribution in [1.82, 2.24) is 20.0 Å². The number of halogens is 2. The van der Waals surface area contributed by atoms with E-state index in [1.807, 2.05) is 23.1 Å². The molecule has 0 bridgehead atoms. The SMILES string of the molecule is O=C(c1[nH]ncc1I)N1CCN(Cc2cccc(Cl)c2)CC1. The van der Waals surface area contributed by atoms with Gasteiger partial charge in [-0.25, -0.2) is 0 Å². The van der Waals surface area contributed by atoms with Crippen molar-refractivity contribution in [1.29, 1.82) is 0 Å². The van der Waals surface area contributed by atoms with Gasteiger partial charge in [-0.05, 0) is 40.3 Å². The fourth-order valence-electron chi connectivity index (χ4n) is 2.58. The van der Waals surface area contributed by atoms with Gasteiger partial charge in [0.15, 0.2) is 0 Å². The van der Waals surface area contributed by atoms with Gasteiger partial charge in [-0.1, -0.05) is 23.7 Å². The Morgan fingerprint density at radius 1 is 1.32 bits per heavy atom. The van der Waals surface area contributed by atoms with Crippen molar-refractivity contribution >= 4 is 40.1 Å². The summed E-state index contributed by atoms with van der Waals surface area (Å²) in [6.45, 7) is 4.05. The van der Waals surface area contributed by atoms with Crippen molar-refractivity contribution in [3.8, 4) is 0 Å². The fourth-order valence-corrected chi connectivity index (χ4v) is 3.29. The number of hydrogen-bond donors (Lipinski definition) is 1. The minimum absolute atomic E-state index is 0.0318. The van der Waals surface area contributed by atoms with Gasteiger partial charge in [-0.15, -0.1) is 0 Å². The highest BCUT2D eigenvalue weighted by atomic mass is 127. The Labute approximate surface area is 147 Å². The Kier molecular flexibility index (Phi) is 5.00. The van der Waals surface area contributed by atoms with E-state index < -0.39 is 0 Å². The molecule has 1 aromatic carbocycles. The Hall–Kier alpha value is -1.12. The monoisotopic (exact) mass is 430 g/mol. The molecule has 1 N–H and O–H groups in total. The number of nitrogens with one attached hydrogen (secondary N) is 1. The molecule has 0 unspecified atom stereocenters. The molecule has 0 radical (unpaired) electrons. The van der Waals surface area contributed by atoms with Crippen molar-refractivity contribution in [3.05, 3.63) is 50.3 Å². The van der Waals surface area contributed by atoms with E-state index in [0.717, 1.165) is 41.3 Å². The first-order chi connectivity index (χ1) is 10.6. The molecule has 0 aliphatic carbocycles. The molecule has 22 heavy (non-hydrogen) atoms. The zero-order chi connectivity index (χ0) is 15.5. The second kappa shape index (κ2) is 6.97. The Balaban J connectivity index is 1.56. The third-order valence-electron chi connectivity index (χ3n) is 3.76. The number of rotatable bonds is 3. The van der Waals surface area contributed by atoms with Crippen LogP contribution in [0, 0.1) is 3.57 Å². The van der Waals surface area contributed by atoms with Crippen LogP contribution in [0.5, 0.6) is 0 Å². The highest BCUT2D eigenvalue weighted by molar-refractivity contribution is 14.1. The van der Waals surface area contributed by atoms with Crippen molar-refractivity contribution in [3.63, 3.8) is 0 Å². The smallest absolute Gasteiger partial charge is 0.273 e. The maximum Gasteiger partial charge on any atom is 0.273 e. The highest BCUT2D eigenvalue weighted by Crippen LogP contribution is 2.16. The van der Waals surface area contributed by atoms with E-state index in [4.69, 9.17) is 11.6 Å². The van der Waals surface area contributed by atoms with Crippen LogP contribution in [-0.4, -0.2) is 52.1 Å². The molecule has 5 nitrogen and oxygen atoms in total. The summed E-state index contributed by atoms with van der Waals surface area (Å²) in [6, 6.07) is 7.92. The van der Waals surface area contributed by atoms with E-state index in [1.165, 1.54) is 5.56 Å². The summed E-state index contributed by atoms with van der Waals surface area (Å²) >= 11 is 8.14. The van der Waals surface area contributed by atoms with E-state index in [1.54, 1.807) is 6.20 Å². The molecular weight excluding hydrogens is 415 g/mol. The maximum atomic E-state index is 12.4. The van der Waals surface area contributed by atoms with Crippen LogP contribution in [0.1, 0.15) is 16.1 Å². The van der Waals surface area contributed by atoms with E-state index in [-0.39, 0.29) is 5.91 Å². The second-order valence-corrected chi connectivity index (χ2v) is 6.89. The van der Waals surface area contributed by atoms with Crippen LogP contribution >= 0.6 is 34.2 Å². The molecule has 1 aliphatic rings. The Morgan fingerprint density at radius 3 is 2.73 bits per heavy atom. The topological polar surface area (TPSA) is 52.2 Å². The number of hydrogen-bond acceptors (Lipinski definition) is 3. The van der Waals surface area contributed by atoms with Crippen molar-refractivity contribution in [2.24, 2.45) is 0 Å². The van der Waals surface area contributed by atoms with Gasteiger partial charge in [-0.2, -0.15) is 5.10 Å². The summed E-state index contributed by atoms with van der Waals surface area (Å²) in [4.78, 5) is 16.6. The third kappa shape index (κ3) is 3.61. The van der Waals surface area contributed by atoms with Crippen LogP contribution in [0.2, 0.25) is 5.02 Å². The third-order valence-corrected chi connectivity index (χ3v) is 4.81. The predicted octanol–water partition coefficient (Wildman–Crippen LogP) is 2.63. The average Bonchev–Trinajstić information content (AvgIpc) is 2.93. The Morgan fingerprint density at radius 2 is 2.09 bits per heavy atom. The summed E-state index contributed by atoms with van der Waals surface area (Å²) in [5.74, 6) is 0.0318. The molecule has 7 heteroatoms. The minimum Gasteiger partial charge on any atom is -0.335 e. The quantitative estimate of drug-likeness (QED) is 0.762. The van der Waals surface area contributed by atoms with Gasteiger partial charge < -0.3 is 4.90 Å². The van der Waals surface area contributed by atoms with Crippen LogP contribution < -0.4 is 0 Å². The van der Waals surface area contributed by atoms with Crippen molar-refractivity contribution < 1.29 is 4.79 Å². The number of aromatic amines is 1. The second-order valence-electron chi connectivity index (χ2n) is 5.29. The summed E-state index contributed by atoms with van der Waals surface area (Å²) in [6.07, 6.45) is 1.67. The lowest BCUT2D eigenvalue weighted by Gasteiger charge is -2.34. The maximum absolute atomic E-state index is 12.4. The number of nitrogens with zero attached hydrogens (tertiary/aromatic N) is 3. The van der Waals surface area contributed by atoms with E-state index in [2.05, 4.69) is 43.8 Å². The lowest BCUT2D eigenvalue weighted by molar-refractivity contribution is 0.0621. The van der Waals surface area contributed by atoms with Crippen molar-refractivity contribution in [2.75, 3.05) is 26.2 Å². The minimum atomic E-state index is 0.0318. The van der Waals surface area contributed by atoms with Gasteiger partial charge in [-0.3, -0.25) is 14.8 Å². The molecule has 1 aliphatic heterocycles. The molecule has 0 saturated carbocycles. The molecule has 0 spiro atoms. The lowest BCUT2D eigenvalue weighted by Crippen LogP contribution is -2.48. The largest absolute Gasteiger partial charge is 0.335 e. The number of aromatic nitrogens is 2. The zero-order valence-electron chi connectivity index (χ0n) is 11.9. The first kappa shape index (κ1) is 15.8. The van der Waals surface area contributed by atoms with E-state index >= 15 is 0 Å². The van der Waals surface area contributed by atoms with Gasteiger partial charge in [0.05, 0.1) is 9.77 Å². The standard InChI is InChI=1S/C15H16ClIN4O/c16-12-3-1-2-11(8-12)10-20-4-6-21(7-5-20)15(22)14-13(17)9-18-19-14/h1-3,8-9H,4-7,10H2,(H,18,19). The first-order valence-corrected chi connectivity index (χ1v) is 8.54. The van der Waals surface area contributed by atoms with Crippen LogP contribution in [0.4, 0.5) is 0 Å². The van der Waals surface area contributed by atoms with Gasteiger partial charge in [0.1, 0.15) is 5.69 Å². The zero-order valence-corrected chi connectivity index (χ0v) is 14.8. The Bertz CT molecular complexity index is 667. The van der Waals surface area contributed by atoms with Crippen LogP contribution in [0.25, 0.3) is 0 Å². The van der Waals surface area contributed by atoms with Crippen LogP contribution in [0.3, 0.4) is 0 Å². The number of piperazine rings is 1. The summed E-state index contributed by atoms with van der Waals surface area (Å²) in [5, 5.41) is 7.46. The number of benzene rings is 1. The number of carbonyl (C=O) groups excluding carboxylic acids is 1. The molecule has 0 atom stereocenters. The lowest BCUT2D eigenvalue weighted by atomic mass is 10.2. The van der Waals surface area contributed by atoms with Gasteiger partial charge >= 0.3 is 0 Å². The van der Waals surface area contributed by atoms with E-state index in [0.29, 0.717) is 5.69 Å². The van der Waals surface area contributed by atoms with Gasteiger partial charge in [0.2, 0.25) is 0 Å². The molecule has 2 heterocycles. The molecular formula is C15H16ClIN4O. The summed E-state index contributed by atoms with van der Waals surface area (Å²) < 4.78 is 0.865. The average molecular weight is 431 g/mol. The van der Waals surface area contributed by atoms with Crippen molar-refractivity contribution in [2.45, 2.75) is 6.54 Å². The molecule has 1 amide bonds. The van der Waals surface area contributed by atoms with Gasteiger partial charge in [0.25, 0.3) is 5.91 Å². The molecule has 1 saturated heterocycles. The van der Waals surface area contributed by atoms with E-state index in [9.17, 15) is 4.79 Å². The molecule has 1 aromatic heterocycles. The number of amides is 1. The normalized spacial score (nSPS) is 16.0. The molecule has 3 rings (SSSR count). The fraction of sp³-hybridized carbons (Fsp3) is 0.333. The number of H-pyrrole nitrogens is 1. The van der Waals surface area contributed by atoms with Gasteiger partial charge in [0, 0.05) is 37.7 Å². The molecule has 1 fully saturated rings. The predicted molar refractivity (Wildman–Crippen MR) is 93.9 cm³/mol. The number of carbonyl (C=O) groups is 1. The molecule has 116 valence electrons. The molecule has 2 aromatic rings.